The standard InChI is InChI=1S/C13H13FO2S/c1-8-6-7-11(17-8)13(15)9-4-3-5-10(16-2)12(9)14/h3-7,13,15H,1-2H3. The number of halogens is 1. The Morgan fingerprint density at radius 3 is 2.65 bits per heavy atom. The highest BCUT2D eigenvalue weighted by Gasteiger charge is 2.18. The van der Waals surface area contributed by atoms with Gasteiger partial charge in [0.25, 0.3) is 0 Å². The Bertz CT molecular complexity index is 522. The molecule has 0 aliphatic carbocycles. The summed E-state index contributed by atoms with van der Waals surface area (Å²) in [5, 5.41) is 10.1. The van der Waals surface area contributed by atoms with Crippen molar-refractivity contribution in [2.45, 2.75) is 13.0 Å². The van der Waals surface area contributed by atoms with Gasteiger partial charge in [0.05, 0.1) is 7.11 Å². The van der Waals surface area contributed by atoms with Crippen LogP contribution in [0.5, 0.6) is 5.75 Å². The predicted molar refractivity (Wildman–Crippen MR) is 66.1 cm³/mol. The lowest BCUT2D eigenvalue weighted by molar-refractivity contribution is 0.217. The molecule has 2 nitrogen and oxygen atoms in total. The van der Waals surface area contributed by atoms with Gasteiger partial charge in [-0.15, -0.1) is 11.3 Å². The zero-order valence-electron chi connectivity index (χ0n) is 9.61. The van der Waals surface area contributed by atoms with E-state index in [1.54, 1.807) is 12.1 Å². The molecule has 0 saturated heterocycles. The number of ether oxygens (including phenoxy) is 1. The van der Waals surface area contributed by atoms with Gasteiger partial charge in [-0.3, -0.25) is 0 Å². The van der Waals surface area contributed by atoms with Crippen molar-refractivity contribution in [1.82, 2.24) is 0 Å². The molecule has 0 radical (unpaired) electrons. The van der Waals surface area contributed by atoms with Crippen molar-refractivity contribution in [3.8, 4) is 5.75 Å². The molecule has 1 aromatic heterocycles. The van der Waals surface area contributed by atoms with E-state index in [1.807, 2.05) is 19.1 Å². The van der Waals surface area contributed by atoms with Crippen LogP contribution < -0.4 is 4.74 Å². The van der Waals surface area contributed by atoms with Crippen LogP contribution in [0.4, 0.5) is 4.39 Å². The topological polar surface area (TPSA) is 29.5 Å². The van der Waals surface area contributed by atoms with Crippen molar-refractivity contribution in [3.05, 3.63) is 51.5 Å². The van der Waals surface area contributed by atoms with E-state index in [0.717, 1.165) is 9.75 Å². The first kappa shape index (κ1) is 12.1. The fourth-order valence-corrected chi connectivity index (χ4v) is 2.53. The molecule has 0 spiro atoms. The molecule has 0 amide bonds. The van der Waals surface area contributed by atoms with Crippen molar-refractivity contribution in [2.24, 2.45) is 0 Å². The van der Waals surface area contributed by atoms with Gasteiger partial charge in [-0.2, -0.15) is 0 Å². The van der Waals surface area contributed by atoms with Crippen LogP contribution in [0.15, 0.2) is 30.3 Å². The number of aliphatic hydroxyl groups is 1. The maximum atomic E-state index is 13.9. The minimum atomic E-state index is -0.941. The van der Waals surface area contributed by atoms with Gasteiger partial charge in [0.1, 0.15) is 6.10 Å². The SMILES string of the molecule is COc1cccc(C(O)c2ccc(C)s2)c1F. The Morgan fingerprint density at radius 1 is 1.29 bits per heavy atom. The van der Waals surface area contributed by atoms with Crippen LogP contribution in [0.25, 0.3) is 0 Å². The second kappa shape index (κ2) is 4.85. The van der Waals surface area contributed by atoms with Gasteiger partial charge in [-0.1, -0.05) is 12.1 Å². The van der Waals surface area contributed by atoms with E-state index in [9.17, 15) is 9.50 Å². The minimum absolute atomic E-state index is 0.148. The van der Waals surface area contributed by atoms with E-state index in [-0.39, 0.29) is 11.3 Å². The highest BCUT2D eigenvalue weighted by molar-refractivity contribution is 7.12. The Kier molecular flexibility index (Phi) is 3.45. The summed E-state index contributed by atoms with van der Waals surface area (Å²) in [6.07, 6.45) is -0.941. The van der Waals surface area contributed by atoms with Crippen LogP contribution in [0.1, 0.15) is 21.4 Å². The van der Waals surface area contributed by atoms with Gasteiger partial charge in [-0.05, 0) is 25.1 Å². The highest BCUT2D eigenvalue weighted by atomic mass is 32.1. The predicted octanol–water partition coefficient (Wildman–Crippen LogP) is 3.29. The summed E-state index contributed by atoms with van der Waals surface area (Å²) >= 11 is 1.46. The van der Waals surface area contributed by atoms with Gasteiger partial charge < -0.3 is 9.84 Å². The van der Waals surface area contributed by atoms with Gasteiger partial charge >= 0.3 is 0 Å². The monoisotopic (exact) mass is 252 g/mol. The average molecular weight is 252 g/mol. The molecule has 2 aromatic rings. The highest BCUT2D eigenvalue weighted by Crippen LogP contribution is 2.32. The summed E-state index contributed by atoms with van der Waals surface area (Å²) in [6.45, 7) is 1.95. The molecule has 1 atom stereocenters. The Labute approximate surface area is 103 Å². The van der Waals surface area contributed by atoms with E-state index >= 15 is 0 Å². The van der Waals surface area contributed by atoms with Crippen LogP contribution in [-0.2, 0) is 0 Å². The van der Waals surface area contributed by atoms with Crippen molar-refractivity contribution in [2.75, 3.05) is 7.11 Å². The average Bonchev–Trinajstić information content (AvgIpc) is 2.75. The number of benzene rings is 1. The molecule has 17 heavy (non-hydrogen) atoms. The van der Waals surface area contributed by atoms with Gasteiger partial charge in [0.2, 0.25) is 0 Å². The third kappa shape index (κ3) is 2.33. The number of thiophene rings is 1. The Hall–Kier alpha value is -1.39. The third-order valence-corrected chi connectivity index (χ3v) is 3.59. The molecule has 1 aromatic carbocycles. The number of methoxy groups -OCH3 is 1. The van der Waals surface area contributed by atoms with Crippen molar-refractivity contribution < 1.29 is 14.2 Å². The van der Waals surface area contributed by atoms with E-state index in [2.05, 4.69) is 0 Å². The summed E-state index contributed by atoms with van der Waals surface area (Å²) in [4.78, 5) is 1.82. The molecular formula is C13H13FO2S. The summed E-state index contributed by atoms with van der Waals surface area (Å²) in [5.74, 6) is -0.358. The maximum Gasteiger partial charge on any atom is 0.171 e. The van der Waals surface area contributed by atoms with Crippen molar-refractivity contribution in [1.29, 1.82) is 0 Å². The lowest BCUT2D eigenvalue weighted by atomic mass is 10.1. The van der Waals surface area contributed by atoms with E-state index < -0.39 is 11.9 Å². The van der Waals surface area contributed by atoms with Crippen LogP contribution in [0.2, 0.25) is 0 Å². The fourth-order valence-electron chi connectivity index (χ4n) is 1.65. The second-order valence-corrected chi connectivity index (χ2v) is 5.03. The van der Waals surface area contributed by atoms with Crippen LogP contribution in [0, 0.1) is 12.7 Å². The molecule has 0 aliphatic rings. The van der Waals surface area contributed by atoms with Crippen LogP contribution >= 0.6 is 11.3 Å². The molecule has 0 saturated carbocycles. The first-order valence-electron chi connectivity index (χ1n) is 5.20. The molecule has 90 valence electrons. The number of hydrogen-bond acceptors (Lipinski definition) is 3. The third-order valence-electron chi connectivity index (χ3n) is 2.54. The molecule has 4 heteroatoms. The number of aryl methyl sites for hydroxylation is 1. The lowest BCUT2D eigenvalue weighted by Gasteiger charge is -2.12. The number of rotatable bonds is 3. The molecule has 0 bridgehead atoms. The molecular weight excluding hydrogens is 239 g/mol. The van der Waals surface area contributed by atoms with Crippen molar-refractivity contribution >= 4 is 11.3 Å². The zero-order chi connectivity index (χ0) is 12.4. The van der Waals surface area contributed by atoms with Gasteiger partial charge in [0, 0.05) is 15.3 Å². The smallest absolute Gasteiger partial charge is 0.171 e. The largest absolute Gasteiger partial charge is 0.494 e. The van der Waals surface area contributed by atoms with E-state index in [0.29, 0.717) is 0 Å². The summed E-state index contributed by atoms with van der Waals surface area (Å²) in [5.41, 5.74) is 0.242. The maximum absolute atomic E-state index is 13.9. The minimum Gasteiger partial charge on any atom is -0.494 e. The number of hydrogen-bond donors (Lipinski definition) is 1. The quantitative estimate of drug-likeness (QED) is 0.908. The number of aliphatic hydroxyl groups excluding tert-OH is 1. The van der Waals surface area contributed by atoms with E-state index in [4.69, 9.17) is 4.74 Å². The molecule has 1 unspecified atom stereocenters. The summed E-state index contributed by atoms with van der Waals surface area (Å²) in [6, 6.07) is 8.48. The lowest BCUT2D eigenvalue weighted by Crippen LogP contribution is -2.02. The van der Waals surface area contributed by atoms with Crippen LogP contribution in [0.3, 0.4) is 0 Å². The molecule has 2 rings (SSSR count). The summed E-state index contributed by atoms with van der Waals surface area (Å²) < 4.78 is 18.8. The van der Waals surface area contributed by atoms with Crippen LogP contribution in [-0.4, -0.2) is 12.2 Å². The normalized spacial score (nSPS) is 12.5. The molecule has 0 fully saturated rings. The van der Waals surface area contributed by atoms with Crippen molar-refractivity contribution in [3.63, 3.8) is 0 Å². The Morgan fingerprint density at radius 2 is 2.06 bits per heavy atom. The first-order chi connectivity index (χ1) is 8.13. The zero-order valence-corrected chi connectivity index (χ0v) is 10.4. The second-order valence-electron chi connectivity index (χ2n) is 3.71. The first-order valence-corrected chi connectivity index (χ1v) is 6.02. The molecule has 0 aliphatic heterocycles. The van der Waals surface area contributed by atoms with Gasteiger partial charge in [-0.25, -0.2) is 4.39 Å². The van der Waals surface area contributed by atoms with E-state index in [1.165, 1.54) is 24.5 Å². The Balaban J connectivity index is 2.40. The summed E-state index contributed by atoms with van der Waals surface area (Å²) in [7, 11) is 1.41. The molecule has 1 N–H and O–H groups in total. The fraction of sp³-hybridized carbons (Fsp3) is 0.231. The molecule has 1 heterocycles. The van der Waals surface area contributed by atoms with Gasteiger partial charge in [0.15, 0.2) is 11.6 Å².